The van der Waals surface area contributed by atoms with Crippen molar-refractivity contribution in [3.05, 3.63) is 54.2 Å². The molecule has 10 nitrogen and oxygen atoms in total. The van der Waals surface area contributed by atoms with Gasteiger partial charge >= 0.3 is 12.1 Å². The SMILES string of the molecule is CC(=O)NC[C@H]1CN(c2ccc(-c3ccc4nc(CNC(N)=O)cn4c3)c(F)c2)C(=O)O1. The number of cyclic esters (lactones) is 1. The number of hydrogen-bond donors (Lipinski definition) is 3. The lowest BCUT2D eigenvalue weighted by molar-refractivity contribution is -0.119. The molecule has 1 atom stereocenters. The first-order valence-electron chi connectivity index (χ1n) is 9.83. The molecule has 0 saturated carbocycles. The Morgan fingerprint density at radius 2 is 2.06 bits per heavy atom. The van der Waals surface area contributed by atoms with Crippen molar-refractivity contribution < 1.29 is 23.5 Å². The number of ether oxygens (including phenoxy) is 1. The van der Waals surface area contributed by atoms with Crippen molar-refractivity contribution in [3.63, 3.8) is 0 Å². The van der Waals surface area contributed by atoms with Gasteiger partial charge in [-0.25, -0.2) is 19.0 Å². The largest absolute Gasteiger partial charge is 0.442 e. The number of imidazole rings is 1. The second-order valence-electron chi connectivity index (χ2n) is 7.35. The molecule has 1 fully saturated rings. The first kappa shape index (κ1) is 21.1. The van der Waals surface area contributed by atoms with Crippen molar-refractivity contribution in [2.24, 2.45) is 5.73 Å². The van der Waals surface area contributed by atoms with Gasteiger partial charge in [0.25, 0.3) is 0 Å². The van der Waals surface area contributed by atoms with E-state index in [0.717, 1.165) is 0 Å². The zero-order valence-electron chi connectivity index (χ0n) is 17.2. The second-order valence-corrected chi connectivity index (χ2v) is 7.35. The maximum Gasteiger partial charge on any atom is 0.414 e. The Bertz CT molecular complexity index is 1210. The van der Waals surface area contributed by atoms with E-state index >= 15 is 0 Å². The lowest BCUT2D eigenvalue weighted by atomic mass is 10.1. The summed E-state index contributed by atoms with van der Waals surface area (Å²) in [7, 11) is 0. The molecule has 2 aromatic heterocycles. The van der Waals surface area contributed by atoms with Crippen LogP contribution < -0.4 is 21.3 Å². The van der Waals surface area contributed by atoms with Crippen LogP contribution in [0.1, 0.15) is 12.6 Å². The summed E-state index contributed by atoms with van der Waals surface area (Å²) in [6, 6.07) is 7.33. The van der Waals surface area contributed by atoms with Crippen LogP contribution in [-0.2, 0) is 16.1 Å². The van der Waals surface area contributed by atoms with Crippen LogP contribution in [0.25, 0.3) is 16.8 Å². The number of nitrogens with one attached hydrogen (secondary N) is 2. The van der Waals surface area contributed by atoms with Crippen molar-refractivity contribution in [1.82, 2.24) is 20.0 Å². The van der Waals surface area contributed by atoms with Gasteiger partial charge in [-0.3, -0.25) is 9.69 Å². The Morgan fingerprint density at radius 1 is 1.25 bits per heavy atom. The third-order valence-corrected chi connectivity index (χ3v) is 4.97. The van der Waals surface area contributed by atoms with Crippen molar-refractivity contribution in [2.45, 2.75) is 19.6 Å². The van der Waals surface area contributed by atoms with Gasteiger partial charge in [-0.05, 0) is 30.3 Å². The zero-order chi connectivity index (χ0) is 22.8. The molecule has 1 saturated heterocycles. The molecule has 1 aromatic carbocycles. The van der Waals surface area contributed by atoms with E-state index < -0.39 is 24.0 Å². The van der Waals surface area contributed by atoms with Crippen molar-refractivity contribution in [3.8, 4) is 11.1 Å². The highest BCUT2D eigenvalue weighted by Gasteiger charge is 2.32. The Kier molecular flexibility index (Phi) is 5.63. The number of halogens is 1. The van der Waals surface area contributed by atoms with Crippen LogP contribution >= 0.6 is 0 Å². The molecule has 0 spiro atoms. The number of hydrogen-bond acceptors (Lipinski definition) is 5. The summed E-state index contributed by atoms with van der Waals surface area (Å²) in [4.78, 5) is 39.8. The van der Waals surface area contributed by atoms with Crippen LogP contribution in [0, 0.1) is 5.82 Å². The zero-order valence-corrected chi connectivity index (χ0v) is 17.2. The number of rotatable bonds is 6. The summed E-state index contributed by atoms with van der Waals surface area (Å²) in [6.45, 7) is 1.97. The third-order valence-electron chi connectivity index (χ3n) is 4.97. The molecule has 0 aliphatic carbocycles. The number of benzene rings is 1. The summed E-state index contributed by atoms with van der Waals surface area (Å²) in [5, 5.41) is 5.07. The standard InChI is InChI=1S/C21H21FN6O4/c1-12(29)24-8-16-11-28(21(31)32-16)15-3-4-17(18(22)6-15)13-2-5-19-26-14(7-25-20(23)30)10-27(19)9-13/h2-6,9-10,16H,7-8,11H2,1H3,(H,24,29)(H3,23,25,30)/t16-/m0/s1. The number of urea groups is 1. The number of pyridine rings is 1. The highest BCUT2D eigenvalue weighted by Crippen LogP contribution is 2.29. The minimum atomic E-state index is -0.645. The molecule has 0 radical (unpaired) electrons. The molecule has 3 aromatic rings. The van der Waals surface area contributed by atoms with Crippen molar-refractivity contribution in [1.29, 1.82) is 0 Å². The predicted molar refractivity (Wildman–Crippen MR) is 113 cm³/mol. The van der Waals surface area contributed by atoms with Crippen LogP contribution in [0.4, 0.5) is 19.7 Å². The van der Waals surface area contributed by atoms with Crippen LogP contribution in [0.3, 0.4) is 0 Å². The molecule has 32 heavy (non-hydrogen) atoms. The highest BCUT2D eigenvalue weighted by atomic mass is 19.1. The molecule has 166 valence electrons. The topological polar surface area (TPSA) is 131 Å². The number of anilines is 1. The molecular weight excluding hydrogens is 419 g/mol. The number of fused-ring (bicyclic) bond motifs is 1. The van der Waals surface area contributed by atoms with E-state index in [9.17, 15) is 18.8 Å². The lowest BCUT2D eigenvalue weighted by Gasteiger charge is -2.14. The Balaban J connectivity index is 1.53. The first-order chi connectivity index (χ1) is 15.3. The minimum absolute atomic E-state index is 0.185. The monoisotopic (exact) mass is 440 g/mol. The number of carbonyl (C=O) groups excluding carboxylic acids is 3. The maximum absolute atomic E-state index is 15.0. The Morgan fingerprint density at radius 3 is 2.78 bits per heavy atom. The average molecular weight is 440 g/mol. The van der Waals surface area contributed by atoms with Gasteiger partial charge in [-0.2, -0.15) is 0 Å². The summed E-state index contributed by atoms with van der Waals surface area (Å²) < 4.78 is 21.9. The van der Waals surface area contributed by atoms with Gasteiger partial charge in [0, 0.05) is 30.4 Å². The van der Waals surface area contributed by atoms with Crippen molar-refractivity contribution in [2.75, 3.05) is 18.0 Å². The fourth-order valence-corrected chi connectivity index (χ4v) is 3.47. The smallest absolute Gasteiger partial charge is 0.414 e. The molecule has 1 aliphatic heterocycles. The first-order valence-corrected chi connectivity index (χ1v) is 9.83. The molecule has 4 N–H and O–H groups in total. The van der Waals surface area contributed by atoms with E-state index in [-0.39, 0.29) is 25.5 Å². The molecule has 0 unspecified atom stereocenters. The van der Waals surface area contributed by atoms with Gasteiger partial charge in [-0.15, -0.1) is 0 Å². The van der Waals surface area contributed by atoms with Crippen LogP contribution in [-0.4, -0.2) is 46.6 Å². The summed E-state index contributed by atoms with van der Waals surface area (Å²) in [6.07, 6.45) is 2.35. The molecule has 3 heterocycles. The minimum Gasteiger partial charge on any atom is -0.442 e. The summed E-state index contributed by atoms with van der Waals surface area (Å²) >= 11 is 0. The number of nitrogens with zero attached hydrogens (tertiary/aromatic N) is 3. The number of primary amides is 1. The van der Waals surface area contributed by atoms with Crippen LogP contribution in [0.5, 0.6) is 0 Å². The summed E-state index contributed by atoms with van der Waals surface area (Å²) in [5.41, 5.74) is 7.65. The van der Waals surface area contributed by atoms with E-state index in [1.165, 1.54) is 17.9 Å². The quantitative estimate of drug-likeness (QED) is 0.538. The summed E-state index contributed by atoms with van der Waals surface area (Å²) in [5.74, 6) is -0.725. The van der Waals surface area contributed by atoms with E-state index in [2.05, 4.69) is 15.6 Å². The third kappa shape index (κ3) is 4.46. The number of nitrogens with two attached hydrogens (primary N) is 1. The molecule has 0 bridgehead atoms. The van der Waals surface area contributed by atoms with Gasteiger partial charge in [-0.1, -0.05) is 0 Å². The molecule has 11 heteroatoms. The fourth-order valence-electron chi connectivity index (χ4n) is 3.47. The van der Waals surface area contributed by atoms with Gasteiger partial charge < -0.3 is 25.5 Å². The average Bonchev–Trinajstić information content (AvgIpc) is 3.32. The highest BCUT2D eigenvalue weighted by molar-refractivity contribution is 5.90. The van der Waals surface area contributed by atoms with Gasteiger partial charge in [0.05, 0.1) is 31.0 Å². The molecular formula is C21H21FN6O4. The van der Waals surface area contributed by atoms with E-state index in [4.69, 9.17) is 10.5 Å². The van der Waals surface area contributed by atoms with Crippen molar-refractivity contribution >= 4 is 29.4 Å². The molecule has 4 amide bonds. The van der Waals surface area contributed by atoms with Gasteiger partial charge in [0.1, 0.15) is 17.6 Å². The number of amides is 4. The van der Waals surface area contributed by atoms with Crippen LogP contribution in [0.15, 0.2) is 42.7 Å². The van der Waals surface area contributed by atoms with E-state index in [0.29, 0.717) is 28.2 Å². The van der Waals surface area contributed by atoms with Crippen LogP contribution in [0.2, 0.25) is 0 Å². The fraction of sp³-hybridized carbons (Fsp3) is 0.238. The maximum atomic E-state index is 15.0. The van der Waals surface area contributed by atoms with E-state index in [1.807, 2.05) is 0 Å². The van der Waals surface area contributed by atoms with E-state index in [1.54, 1.807) is 41.1 Å². The Labute approximate surface area is 182 Å². The number of carbonyl (C=O) groups is 3. The molecule has 1 aliphatic rings. The number of aromatic nitrogens is 2. The lowest BCUT2D eigenvalue weighted by Crippen LogP contribution is -2.33. The second kappa shape index (κ2) is 8.53. The van der Waals surface area contributed by atoms with Gasteiger partial charge in [0.2, 0.25) is 5.91 Å². The molecule has 4 rings (SSSR count). The van der Waals surface area contributed by atoms with Gasteiger partial charge in [0.15, 0.2) is 0 Å². The Hall–Kier alpha value is -4.15. The predicted octanol–water partition coefficient (Wildman–Crippen LogP) is 1.77. The normalized spacial score (nSPS) is 15.6.